The maximum Gasteiger partial charge on any atom is 0.228 e. The highest BCUT2D eigenvalue weighted by Gasteiger charge is 2.47. The molecule has 1 aliphatic rings. The first-order chi connectivity index (χ1) is 10.5. The third-order valence-electron chi connectivity index (χ3n) is 3.73. The molecule has 2 atom stereocenters. The Hall–Kier alpha value is -1.98. The van der Waals surface area contributed by atoms with E-state index in [1.54, 1.807) is 0 Å². The molecule has 1 saturated carbocycles. The molecule has 0 saturated heterocycles. The highest BCUT2D eigenvalue weighted by Crippen LogP contribution is 2.39. The summed E-state index contributed by atoms with van der Waals surface area (Å²) < 4.78 is 25.9. The van der Waals surface area contributed by atoms with Gasteiger partial charge in [0.2, 0.25) is 11.8 Å². The molecule has 0 heterocycles. The van der Waals surface area contributed by atoms with Crippen LogP contribution in [0.15, 0.2) is 18.2 Å². The molecular weight excluding hydrogens is 290 g/mol. The van der Waals surface area contributed by atoms with Crippen LogP contribution in [0.4, 0.5) is 14.5 Å². The van der Waals surface area contributed by atoms with E-state index in [-0.39, 0.29) is 29.3 Å². The van der Waals surface area contributed by atoms with E-state index in [1.807, 2.05) is 0 Å². The van der Waals surface area contributed by atoms with Gasteiger partial charge in [0.15, 0.2) is 11.6 Å². The molecule has 1 aromatic carbocycles. The van der Waals surface area contributed by atoms with Gasteiger partial charge < -0.3 is 10.6 Å². The van der Waals surface area contributed by atoms with Gasteiger partial charge in [-0.1, -0.05) is 19.8 Å². The van der Waals surface area contributed by atoms with Crippen molar-refractivity contribution in [3.05, 3.63) is 29.8 Å². The molecule has 0 bridgehead atoms. The molecule has 0 radical (unpaired) electrons. The summed E-state index contributed by atoms with van der Waals surface area (Å²) >= 11 is 0. The third-order valence-corrected chi connectivity index (χ3v) is 3.73. The summed E-state index contributed by atoms with van der Waals surface area (Å²) in [6.07, 6.45) is 3.57. The van der Waals surface area contributed by atoms with Gasteiger partial charge in [-0.3, -0.25) is 9.59 Å². The van der Waals surface area contributed by atoms with Crippen molar-refractivity contribution in [2.45, 2.75) is 32.6 Å². The molecule has 2 N–H and O–H groups in total. The molecule has 1 aliphatic carbocycles. The fourth-order valence-corrected chi connectivity index (χ4v) is 2.30. The second-order valence-electron chi connectivity index (χ2n) is 5.56. The predicted octanol–water partition coefficient (Wildman–Crippen LogP) is 2.85. The Balaban J connectivity index is 1.78. The fourth-order valence-electron chi connectivity index (χ4n) is 2.30. The predicted molar refractivity (Wildman–Crippen MR) is 79.1 cm³/mol. The minimum absolute atomic E-state index is 0.110. The zero-order valence-electron chi connectivity index (χ0n) is 12.5. The number of benzene rings is 1. The molecule has 0 aliphatic heterocycles. The zero-order chi connectivity index (χ0) is 16.1. The van der Waals surface area contributed by atoms with Crippen LogP contribution in [0, 0.1) is 23.5 Å². The number of carbonyl (C=O) groups is 2. The molecule has 120 valence electrons. The Morgan fingerprint density at radius 2 is 1.86 bits per heavy atom. The topological polar surface area (TPSA) is 58.2 Å². The van der Waals surface area contributed by atoms with Crippen LogP contribution in [0.3, 0.4) is 0 Å². The van der Waals surface area contributed by atoms with Gasteiger partial charge in [-0.15, -0.1) is 0 Å². The van der Waals surface area contributed by atoms with Crippen molar-refractivity contribution < 1.29 is 18.4 Å². The van der Waals surface area contributed by atoms with Crippen molar-refractivity contribution in [1.82, 2.24) is 5.32 Å². The monoisotopic (exact) mass is 310 g/mol. The molecule has 0 spiro atoms. The van der Waals surface area contributed by atoms with Gasteiger partial charge in [0.05, 0.1) is 11.8 Å². The van der Waals surface area contributed by atoms with Gasteiger partial charge in [0, 0.05) is 18.3 Å². The SMILES string of the molecule is CCCCCNC(=O)C1CC1C(=O)Nc1ccc(F)c(F)c1. The van der Waals surface area contributed by atoms with Crippen LogP contribution in [0.25, 0.3) is 0 Å². The zero-order valence-corrected chi connectivity index (χ0v) is 12.5. The summed E-state index contributed by atoms with van der Waals surface area (Å²) in [4.78, 5) is 23.8. The summed E-state index contributed by atoms with van der Waals surface area (Å²) in [5, 5.41) is 5.32. The Morgan fingerprint density at radius 3 is 2.55 bits per heavy atom. The molecule has 1 fully saturated rings. The highest BCUT2D eigenvalue weighted by atomic mass is 19.2. The van der Waals surface area contributed by atoms with E-state index < -0.39 is 11.6 Å². The van der Waals surface area contributed by atoms with E-state index in [4.69, 9.17) is 0 Å². The van der Waals surface area contributed by atoms with Gasteiger partial charge >= 0.3 is 0 Å². The maximum absolute atomic E-state index is 13.1. The van der Waals surface area contributed by atoms with Gasteiger partial charge in [0.25, 0.3) is 0 Å². The summed E-state index contributed by atoms with van der Waals surface area (Å²) in [6.45, 7) is 2.71. The van der Waals surface area contributed by atoms with Crippen molar-refractivity contribution in [3.63, 3.8) is 0 Å². The van der Waals surface area contributed by atoms with Gasteiger partial charge in [-0.05, 0) is 25.0 Å². The summed E-state index contributed by atoms with van der Waals surface area (Å²) in [7, 11) is 0. The molecule has 2 unspecified atom stereocenters. The third kappa shape index (κ3) is 4.26. The number of hydrogen-bond donors (Lipinski definition) is 2. The van der Waals surface area contributed by atoms with E-state index in [0.29, 0.717) is 13.0 Å². The molecule has 2 amide bonds. The largest absolute Gasteiger partial charge is 0.356 e. The van der Waals surface area contributed by atoms with Crippen LogP contribution in [0.1, 0.15) is 32.6 Å². The Kier molecular flexibility index (Phi) is 5.46. The van der Waals surface area contributed by atoms with Crippen LogP contribution in [0.2, 0.25) is 0 Å². The first kappa shape index (κ1) is 16.4. The Bertz CT molecular complexity index is 563. The van der Waals surface area contributed by atoms with Crippen molar-refractivity contribution in [3.8, 4) is 0 Å². The number of rotatable bonds is 7. The van der Waals surface area contributed by atoms with E-state index in [2.05, 4.69) is 17.6 Å². The minimum atomic E-state index is -1.01. The number of anilines is 1. The molecule has 0 aromatic heterocycles. The Morgan fingerprint density at radius 1 is 1.14 bits per heavy atom. The number of amides is 2. The Labute approximate surface area is 128 Å². The molecule has 6 heteroatoms. The summed E-state index contributed by atoms with van der Waals surface area (Å²) in [6, 6.07) is 3.17. The van der Waals surface area contributed by atoms with E-state index in [9.17, 15) is 18.4 Å². The maximum atomic E-state index is 13.1. The van der Waals surface area contributed by atoms with Crippen molar-refractivity contribution in [2.75, 3.05) is 11.9 Å². The van der Waals surface area contributed by atoms with Crippen LogP contribution in [-0.2, 0) is 9.59 Å². The number of unbranched alkanes of at least 4 members (excludes halogenated alkanes) is 2. The summed E-state index contributed by atoms with van der Waals surface area (Å²) in [5.74, 6) is -3.12. The molecule has 1 aromatic rings. The summed E-state index contributed by atoms with van der Waals surface area (Å²) in [5.41, 5.74) is 0.193. The molecule has 22 heavy (non-hydrogen) atoms. The lowest BCUT2D eigenvalue weighted by atomic mass is 10.2. The van der Waals surface area contributed by atoms with Crippen LogP contribution >= 0.6 is 0 Å². The number of carbonyl (C=O) groups excluding carboxylic acids is 2. The van der Waals surface area contributed by atoms with Crippen LogP contribution < -0.4 is 10.6 Å². The second kappa shape index (κ2) is 7.33. The van der Waals surface area contributed by atoms with Crippen molar-refractivity contribution in [1.29, 1.82) is 0 Å². The normalized spacial score (nSPS) is 19.6. The van der Waals surface area contributed by atoms with E-state index in [0.717, 1.165) is 31.4 Å². The lowest BCUT2D eigenvalue weighted by Gasteiger charge is -2.06. The van der Waals surface area contributed by atoms with Crippen LogP contribution in [0.5, 0.6) is 0 Å². The first-order valence-electron chi connectivity index (χ1n) is 7.56. The molecular formula is C16H20F2N2O2. The fraction of sp³-hybridized carbons (Fsp3) is 0.500. The first-order valence-corrected chi connectivity index (χ1v) is 7.56. The van der Waals surface area contributed by atoms with Crippen LogP contribution in [-0.4, -0.2) is 18.4 Å². The van der Waals surface area contributed by atoms with Gasteiger partial charge in [0.1, 0.15) is 0 Å². The average Bonchev–Trinajstić information content (AvgIpc) is 3.28. The quantitative estimate of drug-likeness (QED) is 0.761. The number of halogens is 2. The van der Waals surface area contributed by atoms with Crippen molar-refractivity contribution >= 4 is 17.5 Å². The van der Waals surface area contributed by atoms with Crippen molar-refractivity contribution in [2.24, 2.45) is 11.8 Å². The van der Waals surface area contributed by atoms with E-state index in [1.165, 1.54) is 6.07 Å². The van der Waals surface area contributed by atoms with E-state index >= 15 is 0 Å². The second-order valence-corrected chi connectivity index (χ2v) is 5.56. The van der Waals surface area contributed by atoms with Gasteiger partial charge in [-0.25, -0.2) is 8.78 Å². The smallest absolute Gasteiger partial charge is 0.228 e. The minimum Gasteiger partial charge on any atom is -0.356 e. The lowest BCUT2D eigenvalue weighted by Crippen LogP contribution is -2.28. The number of nitrogens with one attached hydrogen (secondary N) is 2. The molecule has 4 nitrogen and oxygen atoms in total. The lowest BCUT2D eigenvalue weighted by molar-refractivity contribution is -0.125. The standard InChI is InChI=1S/C16H20F2N2O2/c1-2-3-4-7-19-15(21)11-9-12(11)16(22)20-10-5-6-13(17)14(18)8-10/h5-6,8,11-12H,2-4,7,9H2,1H3,(H,19,21)(H,20,22). The number of hydrogen-bond acceptors (Lipinski definition) is 2. The van der Waals surface area contributed by atoms with Gasteiger partial charge in [-0.2, -0.15) is 0 Å². The average molecular weight is 310 g/mol. The molecule has 2 rings (SSSR count). The highest BCUT2D eigenvalue weighted by molar-refractivity contribution is 5.99.